The van der Waals surface area contributed by atoms with Gasteiger partial charge in [-0.2, -0.15) is 0 Å². The van der Waals surface area contributed by atoms with Crippen molar-refractivity contribution in [3.63, 3.8) is 0 Å². The van der Waals surface area contributed by atoms with Crippen LogP contribution in [0.4, 0.5) is 14.5 Å². The largest absolute Gasteiger partial charge is 0.364 e. The molecule has 1 rings (SSSR count). The van der Waals surface area contributed by atoms with Crippen molar-refractivity contribution in [2.45, 2.75) is 13.3 Å². The maximum atomic E-state index is 12.3. The summed E-state index contributed by atoms with van der Waals surface area (Å²) in [6.45, 7) is 1.23. The maximum absolute atomic E-state index is 12.3. The van der Waals surface area contributed by atoms with Crippen molar-refractivity contribution < 1.29 is 18.5 Å². The van der Waals surface area contributed by atoms with E-state index in [2.05, 4.69) is 4.98 Å². The first-order valence-electron chi connectivity index (χ1n) is 4.08. The number of nitro groups is 1. The Hall–Kier alpha value is -2.12. The van der Waals surface area contributed by atoms with Gasteiger partial charge in [0.2, 0.25) is 5.69 Å². The molecule has 86 valence electrons. The molecule has 1 aromatic rings. The van der Waals surface area contributed by atoms with E-state index in [9.17, 15) is 23.7 Å². The summed E-state index contributed by atoms with van der Waals surface area (Å²) in [6, 6.07) is 0.856. The summed E-state index contributed by atoms with van der Waals surface area (Å²) in [6.07, 6.45) is -2.92. The number of alkyl halides is 2. The van der Waals surface area contributed by atoms with Crippen molar-refractivity contribution in [3.8, 4) is 0 Å². The SMILES string of the molecule is Cc1cc(C(F)F)nc(C(N)=O)c1[N+](=O)[O-]. The van der Waals surface area contributed by atoms with Crippen LogP contribution in [0.2, 0.25) is 0 Å². The lowest BCUT2D eigenvalue weighted by Crippen LogP contribution is -2.17. The number of rotatable bonds is 3. The van der Waals surface area contributed by atoms with Gasteiger partial charge in [-0.05, 0) is 13.0 Å². The van der Waals surface area contributed by atoms with Gasteiger partial charge in [0.15, 0.2) is 0 Å². The molecule has 8 heteroatoms. The van der Waals surface area contributed by atoms with Crippen LogP contribution >= 0.6 is 0 Å². The lowest BCUT2D eigenvalue weighted by Gasteiger charge is -2.05. The van der Waals surface area contributed by atoms with Gasteiger partial charge in [0.1, 0.15) is 5.69 Å². The average Bonchev–Trinajstić information content (AvgIpc) is 2.15. The lowest BCUT2D eigenvalue weighted by atomic mass is 10.1. The van der Waals surface area contributed by atoms with Crippen LogP contribution in [0.3, 0.4) is 0 Å². The molecule has 1 aromatic heterocycles. The Balaban J connectivity index is 3.52. The third-order valence-corrected chi connectivity index (χ3v) is 1.84. The molecule has 0 bridgehead atoms. The minimum Gasteiger partial charge on any atom is -0.364 e. The van der Waals surface area contributed by atoms with Crippen molar-refractivity contribution in [2.75, 3.05) is 0 Å². The van der Waals surface area contributed by atoms with Crippen molar-refractivity contribution in [1.29, 1.82) is 0 Å². The van der Waals surface area contributed by atoms with Crippen LogP contribution in [-0.4, -0.2) is 15.8 Å². The minimum absolute atomic E-state index is 0.0795. The second-order valence-corrected chi connectivity index (χ2v) is 2.98. The van der Waals surface area contributed by atoms with Crippen LogP contribution in [0.1, 0.15) is 28.2 Å². The van der Waals surface area contributed by atoms with Gasteiger partial charge in [0, 0.05) is 5.56 Å². The highest BCUT2D eigenvalue weighted by Gasteiger charge is 2.26. The Labute approximate surface area is 88.2 Å². The number of carbonyl (C=O) groups excluding carboxylic acids is 1. The predicted octanol–water partition coefficient (Wildman–Crippen LogP) is 1.33. The van der Waals surface area contributed by atoms with Gasteiger partial charge in [0.25, 0.3) is 12.3 Å². The standard InChI is InChI=1S/C8H7F2N3O3/c1-3-2-4(7(9)10)12-5(8(11)14)6(3)13(15)16/h2,7H,1H3,(H2,11,14). The zero-order chi connectivity index (χ0) is 12.5. The van der Waals surface area contributed by atoms with Crippen LogP contribution in [0.15, 0.2) is 6.07 Å². The number of primary amides is 1. The van der Waals surface area contributed by atoms with E-state index < -0.39 is 34.3 Å². The Morgan fingerprint density at radius 2 is 2.19 bits per heavy atom. The van der Waals surface area contributed by atoms with Crippen molar-refractivity contribution in [1.82, 2.24) is 4.98 Å². The van der Waals surface area contributed by atoms with Gasteiger partial charge in [-0.3, -0.25) is 14.9 Å². The first-order valence-corrected chi connectivity index (χ1v) is 4.08. The van der Waals surface area contributed by atoms with E-state index in [4.69, 9.17) is 5.73 Å². The summed E-state index contributed by atoms with van der Waals surface area (Å²) in [4.78, 5) is 23.8. The Morgan fingerprint density at radius 3 is 2.56 bits per heavy atom. The van der Waals surface area contributed by atoms with Gasteiger partial charge in [-0.1, -0.05) is 0 Å². The van der Waals surface area contributed by atoms with E-state index in [1.165, 1.54) is 6.92 Å². The van der Waals surface area contributed by atoms with E-state index >= 15 is 0 Å². The number of pyridine rings is 1. The number of halogens is 2. The molecule has 0 aliphatic rings. The Kier molecular flexibility index (Phi) is 3.11. The van der Waals surface area contributed by atoms with Gasteiger partial charge >= 0.3 is 5.69 Å². The molecule has 0 spiro atoms. The maximum Gasteiger partial charge on any atom is 0.303 e. The number of nitrogens with zero attached hydrogens (tertiary/aromatic N) is 2. The average molecular weight is 231 g/mol. The number of hydrogen-bond acceptors (Lipinski definition) is 4. The molecule has 0 unspecified atom stereocenters. The second kappa shape index (κ2) is 4.17. The van der Waals surface area contributed by atoms with Gasteiger partial charge in [-0.15, -0.1) is 0 Å². The zero-order valence-corrected chi connectivity index (χ0v) is 8.11. The van der Waals surface area contributed by atoms with Crippen LogP contribution in [0, 0.1) is 17.0 Å². The highest BCUT2D eigenvalue weighted by molar-refractivity contribution is 5.95. The number of aryl methyl sites for hydroxylation is 1. The third kappa shape index (κ3) is 2.10. The fourth-order valence-electron chi connectivity index (χ4n) is 1.21. The van der Waals surface area contributed by atoms with Crippen LogP contribution < -0.4 is 5.73 Å². The molecule has 0 fully saturated rings. The van der Waals surface area contributed by atoms with E-state index in [-0.39, 0.29) is 5.56 Å². The predicted molar refractivity (Wildman–Crippen MR) is 49.1 cm³/mol. The molecular weight excluding hydrogens is 224 g/mol. The summed E-state index contributed by atoms with van der Waals surface area (Å²) < 4.78 is 24.7. The van der Waals surface area contributed by atoms with Crippen molar-refractivity contribution >= 4 is 11.6 Å². The molecule has 0 aliphatic heterocycles. The molecule has 0 atom stereocenters. The van der Waals surface area contributed by atoms with Crippen molar-refractivity contribution in [3.05, 3.63) is 33.1 Å². The lowest BCUT2D eigenvalue weighted by molar-refractivity contribution is -0.386. The summed E-state index contributed by atoms with van der Waals surface area (Å²) >= 11 is 0. The summed E-state index contributed by atoms with van der Waals surface area (Å²) in [7, 11) is 0. The normalized spacial score (nSPS) is 10.5. The van der Waals surface area contributed by atoms with Crippen LogP contribution in [0.25, 0.3) is 0 Å². The van der Waals surface area contributed by atoms with Gasteiger partial charge in [0.05, 0.1) is 4.92 Å². The third-order valence-electron chi connectivity index (χ3n) is 1.84. The molecule has 0 saturated heterocycles. The molecule has 6 nitrogen and oxygen atoms in total. The van der Waals surface area contributed by atoms with Gasteiger partial charge < -0.3 is 5.73 Å². The quantitative estimate of drug-likeness (QED) is 0.626. The fraction of sp³-hybridized carbons (Fsp3) is 0.250. The zero-order valence-electron chi connectivity index (χ0n) is 8.11. The molecule has 0 radical (unpaired) electrons. The number of carbonyl (C=O) groups is 1. The number of hydrogen-bond donors (Lipinski definition) is 1. The Morgan fingerprint density at radius 1 is 1.62 bits per heavy atom. The molecule has 2 N–H and O–H groups in total. The topological polar surface area (TPSA) is 99.1 Å². The second-order valence-electron chi connectivity index (χ2n) is 2.98. The van der Waals surface area contributed by atoms with Crippen LogP contribution in [-0.2, 0) is 0 Å². The molecule has 1 amide bonds. The fourth-order valence-corrected chi connectivity index (χ4v) is 1.21. The summed E-state index contributed by atoms with van der Waals surface area (Å²) in [5, 5.41) is 10.6. The summed E-state index contributed by atoms with van der Waals surface area (Å²) in [5.41, 5.74) is 2.66. The molecular formula is C8H7F2N3O3. The van der Waals surface area contributed by atoms with E-state index in [1.54, 1.807) is 0 Å². The van der Waals surface area contributed by atoms with Gasteiger partial charge in [-0.25, -0.2) is 13.8 Å². The monoisotopic (exact) mass is 231 g/mol. The first-order chi connectivity index (χ1) is 7.34. The van der Waals surface area contributed by atoms with E-state index in [0.717, 1.165) is 6.07 Å². The molecule has 1 heterocycles. The molecule has 0 aromatic carbocycles. The smallest absolute Gasteiger partial charge is 0.303 e. The highest BCUT2D eigenvalue weighted by atomic mass is 19.3. The van der Waals surface area contributed by atoms with E-state index in [0.29, 0.717) is 0 Å². The first kappa shape index (κ1) is 12.0. The number of amides is 1. The summed E-state index contributed by atoms with van der Waals surface area (Å²) in [5.74, 6) is -1.21. The van der Waals surface area contributed by atoms with Crippen molar-refractivity contribution in [2.24, 2.45) is 5.73 Å². The number of nitrogens with two attached hydrogens (primary N) is 1. The highest BCUT2D eigenvalue weighted by Crippen LogP contribution is 2.26. The van der Waals surface area contributed by atoms with Crippen LogP contribution in [0.5, 0.6) is 0 Å². The Bertz CT molecular complexity index is 462. The molecule has 0 saturated carbocycles. The molecule has 0 aliphatic carbocycles. The molecule has 16 heavy (non-hydrogen) atoms. The number of aromatic nitrogens is 1. The van der Waals surface area contributed by atoms with E-state index in [1.807, 2.05) is 0 Å². The minimum atomic E-state index is -2.92.